The van der Waals surface area contributed by atoms with E-state index in [1.807, 2.05) is 72.8 Å². The Kier molecular flexibility index (Phi) is 8.23. The van der Waals surface area contributed by atoms with Crippen molar-refractivity contribution in [2.75, 3.05) is 26.4 Å². The molecule has 0 radical (unpaired) electrons. The van der Waals surface area contributed by atoms with E-state index < -0.39 is 11.9 Å². The summed E-state index contributed by atoms with van der Waals surface area (Å²) in [6.07, 6.45) is 3.04. The number of carbonyl (C=O) groups excluding carboxylic acids is 2. The van der Waals surface area contributed by atoms with Crippen LogP contribution in [0, 0.1) is 0 Å². The molecule has 0 atom stereocenters. The van der Waals surface area contributed by atoms with Gasteiger partial charge in [-0.1, -0.05) is 110 Å². The summed E-state index contributed by atoms with van der Waals surface area (Å²) in [5.41, 5.74) is 1.99. The summed E-state index contributed by atoms with van der Waals surface area (Å²) in [5.74, 6) is 0.235. The minimum absolute atomic E-state index is 0.127. The van der Waals surface area contributed by atoms with Crippen molar-refractivity contribution in [2.24, 2.45) is 0 Å². The van der Waals surface area contributed by atoms with Crippen LogP contribution < -0.4 is 9.47 Å². The van der Waals surface area contributed by atoms with Gasteiger partial charge in [0.15, 0.2) is 13.2 Å². The molecule has 0 aliphatic carbocycles. The van der Waals surface area contributed by atoms with Gasteiger partial charge in [-0.25, -0.2) is 9.59 Å². The van der Waals surface area contributed by atoms with Crippen molar-refractivity contribution >= 4 is 55.0 Å². The summed E-state index contributed by atoms with van der Waals surface area (Å²) in [4.78, 5) is 24.5. The Morgan fingerprint density at radius 2 is 0.955 bits per heavy atom. The van der Waals surface area contributed by atoms with E-state index >= 15 is 0 Å². The minimum atomic E-state index is -0.469. The molecule has 0 unspecified atom stereocenters. The largest absolute Gasteiger partial charge is 0.481 e. The van der Waals surface area contributed by atoms with E-state index in [2.05, 4.69) is 37.4 Å². The van der Waals surface area contributed by atoms with Gasteiger partial charge in [-0.3, -0.25) is 0 Å². The Bertz CT molecular complexity index is 1910. The summed E-state index contributed by atoms with van der Waals surface area (Å²) >= 11 is 0. The van der Waals surface area contributed by atoms with E-state index in [0.29, 0.717) is 11.5 Å². The summed E-state index contributed by atoms with van der Waals surface area (Å²) < 4.78 is 22.4. The minimum Gasteiger partial charge on any atom is -0.481 e. The molecule has 0 heterocycles. The van der Waals surface area contributed by atoms with Gasteiger partial charge in [0.1, 0.15) is 24.7 Å². The normalized spacial score (nSPS) is 11.0. The molecular weight excluding hydrogens is 552 g/mol. The number of ether oxygens (including phenoxy) is 4. The monoisotopic (exact) mass is 582 g/mol. The van der Waals surface area contributed by atoms with E-state index in [-0.39, 0.29) is 26.4 Å². The van der Waals surface area contributed by atoms with Crippen LogP contribution in [0.3, 0.4) is 0 Å². The quantitative estimate of drug-likeness (QED) is 0.0872. The molecule has 6 heteroatoms. The van der Waals surface area contributed by atoms with Crippen molar-refractivity contribution in [2.45, 2.75) is 0 Å². The number of fused-ring (bicyclic) bond motifs is 6. The van der Waals surface area contributed by atoms with Crippen LogP contribution in [0.25, 0.3) is 54.2 Å². The van der Waals surface area contributed by atoms with Crippen LogP contribution in [0.1, 0.15) is 0 Å². The molecule has 0 aromatic heterocycles. The molecule has 0 aliphatic heterocycles. The van der Waals surface area contributed by atoms with Crippen molar-refractivity contribution in [3.8, 4) is 22.6 Å². The van der Waals surface area contributed by atoms with Crippen LogP contribution in [-0.2, 0) is 19.1 Å². The average Bonchev–Trinajstić information content (AvgIpc) is 3.07. The second-order valence-electron chi connectivity index (χ2n) is 10.2. The number of rotatable bonds is 11. The predicted molar refractivity (Wildman–Crippen MR) is 175 cm³/mol. The molecule has 0 saturated carbocycles. The summed E-state index contributed by atoms with van der Waals surface area (Å²) in [6, 6.07) is 32.3. The highest BCUT2D eigenvalue weighted by molar-refractivity contribution is 6.22. The molecule has 218 valence electrons. The van der Waals surface area contributed by atoms with Gasteiger partial charge in [0, 0.05) is 21.5 Å². The third kappa shape index (κ3) is 5.57. The van der Waals surface area contributed by atoms with Crippen molar-refractivity contribution in [1.29, 1.82) is 0 Å². The lowest BCUT2D eigenvalue weighted by molar-refractivity contribution is -0.145. The van der Waals surface area contributed by atoms with Crippen molar-refractivity contribution in [1.82, 2.24) is 0 Å². The molecule has 0 saturated heterocycles. The number of esters is 2. The lowest BCUT2D eigenvalue weighted by Crippen LogP contribution is -2.15. The molecule has 6 nitrogen and oxygen atoms in total. The Labute approximate surface area is 254 Å². The van der Waals surface area contributed by atoms with E-state index in [0.717, 1.165) is 54.2 Å². The van der Waals surface area contributed by atoms with Crippen molar-refractivity contribution < 1.29 is 28.5 Å². The Hall–Kier alpha value is -5.62. The first-order chi connectivity index (χ1) is 21.6. The lowest BCUT2D eigenvalue weighted by Gasteiger charge is -2.18. The topological polar surface area (TPSA) is 71.1 Å². The predicted octanol–water partition coefficient (Wildman–Crippen LogP) is 8.18. The molecule has 6 aromatic rings. The molecule has 44 heavy (non-hydrogen) atoms. The molecule has 6 aromatic carbocycles. The third-order valence-corrected chi connectivity index (χ3v) is 7.40. The SMILES string of the molecule is C=CCOC(=O)COc1cc2ccccc2c2c(-c3cccc4c(OCC(=O)OCC=C)cc5ccccc5c34)cccc12. The van der Waals surface area contributed by atoms with E-state index in [1.54, 1.807) is 0 Å². The molecule has 0 bridgehead atoms. The fourth-order valence-electron chi connectivity index (χ4n) is 5.58. The molecule has 6 rings (SSSR count). The smallest absolute Gasteiger partial charge is 0.344 e. The molecule has 0 aliphatic rings. The maximum atomic E-state index is 12.3. The molecule has 0 N–H and O–H groups in total. The van der Waals surface area contributed by atoms with Crippen LogP contribution in [-0.4, -0.2) is 38.4 Å². The van der Waals surface area contributed by atoms with Gasteiger partial charge in [-0.05, 0) is 44.8 Å². The van der Waals surface area contributed by atoms with E-state index in [1.165, 1.54) is 12.2 Å². The van der Waals surface area contributed by atoms with Crippen LogP contribution in [0.15, 0.2) is 122 Å². The Balaban J connectivity index is 1.56. The summed E-state index contributed by atoms with van der Waals surface area (Å²) in [6.45, 7) is 6.99. The zero-order valence-corrected chi connectivity index (χ0v) is 24.1. The highest BCUT2D eigenvalue weighted by Gasteiger charge is 2.18. The van der Waals surface area contributed by atoms with Gasteiger partial charge in [-0.15, -0.1) is 0 Å². The van der Waals surface area contributed by atoms with Gasteiger partial charge in [0.05, 0.1) is 0 Å². The zero-order valence-electron chi connectivity index (χ0n) is 24.1. The van der Waals surface area contributed by atoms with Crippen LogP contribution >= 0.6 is 0 Å². The standard InChI is InChI=1S/C38H30O6/c1-3-19-41-35(39)23-43-33-21-25-11-5-7-13-27(25)37-29(15-9-17-31(33)37)30-16-10-18-32-34(44-24-36(40)42-20-4-2)22-26-12-6-8-14-28(26)38(30)32/h3-18,21-22H,1-2,19-20,23-24H2. The second-order valence-corrected chi connectivity index (χ2v) is 10.2. The van der Waals surface area contributed by atoms with Gasteiger partial charge >= 0.3 is 11.9 Å². The van der Waals surface area contributed by atoms with Crippen molar-refractivity contribution in [3.63, 3.8) is 0 Å². The van der Waals surface area contributed by atoms with Gasteiger partial charge < -0.3 is 18.9 Å². The number of hydrogen-bond acceptors (Lipinski definition) is 6. The van der Waals surface area contributed by atoms with Crippen LogP contribution in [0.4, 0.5) is 0 Å². The number of hydrogen-bond donors (Lipinski definition) is 0. The molecule has 0 fully saturated rings. The maximum Gasteiger partial charge on any atom is 0.344 e. The first-order valence-corrected chi connectivity index (χ1v) is 14.3. The van der Waals surface area contributed by atoms with E-state index in [9.17, 15) is 9.59 Å². The Morgan fingerprint density at radius 3 is 1.39 bits per heavy atom. The Morgan fingerprint density at radius 1 is 0.545 bits per heavy atom. The highest BCUT2D eigenvalue weighted by Crippen LogP contribution is 2.44. The number of benzene rings is 6. The first kappa shape index (κ1) is 28.5. The summed E-state index contributed by atoms with van der Waals surface area (Å²) in [5, 5.41) is 7.81. The zero-order chi connectivity index (χ0) is 30.5. The maximum absolute atomic E-state index is 12.3. The third-order valence-electron chi connectivity index (χ3n) is 7.40. The highest BCUT2D eigenvalue weighted by atomic mass is 16.6. The van der Waals surface area contributed by atoms with Crippen molar-refractivity contribution in [3.05, 3.63) is 122 Å². The fourth-order valence-corrected chi connectivity index (χ4v) is 5.58. The second kappa shape index (κ2) is 12.7. The van der Waals surface area contributed by atoms with Gasteiger partial charge in [0.2, 0.25) is 0 Å². The van der Waals surface area contributed by atoms with Gasteiger partial charge in [0.25, 0.3) is 0 Å². The van der Waals surface area contributed by atoms with Gasteiger partial charge in [-0.2, -0.15) is 0 Å². The molecular formula is C38H30O6. The van der Waals surface area contributed by atoms with Crippen LogP contribution in [0.2, 0.25) is 0 Å². The van der Waals surface area contributed by atoms with E-state index in [4.69, 9.17) is 18.9 Å². The lowest BCUT2D eigenvalue weighted by atomic mass is 9.88. The number of carbonyl (C=O) groups is 2. The fraction of sp³-hybridized carbons (Fsp3) is 0.105. The van der Waals surface area contributed by atoms with Crippen LogP contribution in [0.5, 0.6) is 11.5 Å². The first-order valence-electron chi connectivity index (χ1n) is 14.3. The molecule has 0 amide bonds. The average molecular weight is 583 g/mol. The molecule has 0 spiro atoms. The summed E-state index contributed by atoms with van der Waals surface area (Å²) in [7, 11) is 0.